The van der Waals surface area contributed by atoms with Gasteiger partial charge >= 0.3 is 0 Å². The number of nitrogens with one attached hydrogen (secondary N) is 1. The van der Waals surface area contributed by atoms with Crippen molar-refractivity contribution < 1.29 is 13.5 Å². The summed E-state index contributed by atoms with van der Waals surface area (Å²) < 4.78 is 31.6. The standard InChI is InChI=1S/C12H8F2N2O/c13-10-2-1-3-11(14)12(10)17-9-5-4-8(6-15)16-7-9/h1-7,15H. The van der Waals surface area contributed by atoms with E-state index < -0.39 is 17.4 Å². The molecule has 0 amide bonds. The van der Waals surface area contributed by atoms with Crippen LogP contribution >= 0.6 is 0 Å². The highest BCUT2D eigenvalue weighted by Gasteiger charge is 2.10. The predicted octanol–water partition coefficient (Wildman–Crippen LogP) is 3.15. The Hall–Kier alpha value is -2.30. The number of nitrogens with zero attached hydrogens (tertiary/aromatic N) is 1. The Morgan fingerprint density at radius 1 is 1.12 bits per heavy atom. The van der Waals surface area contributed by atoms with Crippen LogP contribution in [-0.4, -0.2) is 11.2 Å². The van der Waals surface area contributed by atoms with Crippen LogP contribution in [0.25, 0.3) is 0 Å². The molecule has 0 aliphatic carbocycles. The van der Waals surface area contributed by atoms with E-state index in [-0.39, 0.29) is 5.75 Å². The number of para-hydroxylation sites is 1. The van der Waals surface area contributed by atoms with Gasteiger partial charge < -0.3 is 10.1 Å². The van der Waals surface area contributed by atoms with Gasteiger partial charge in [0.05, 0.1) is 11.9 Å². The minimum atomic E-state index is -0.777. The van der Waals surface area contributed by atoms with Gasteiger partial charge in [0.2, 0.25) is 0 Å². The average Bonchev–Trinajstić information content (AvgIpc) is 2.35. The van der Waals surface area contributed by atoms with E-state index in [1.807, 2.05) is 0 Å². The lowest BCUT2D eigenvalue weighted by Crippen LogP contribution is -1.93. The van der Waals surface area contributed by atoms with Crippen LogP contribution in [0.3, 0.4) is 0 Å². The zero-order chi connectivity index (χ0) is 12.3. The summed E-state index contributed by atoms with van der Waals surface area (Å²) in [6, 6.07) is 6.48. The summed E-state index contributed by atoms with van der Waals surface area (Å²) in [6.45, 7) is 0. The van der Waals surface area contributed by atoms with Gasteiger partial charge in [0, 0.05) is 6.21 Å². The smallest absolute Gasteiger partial charge is 0.198 e. The summed E-state index contributed by atoms with van der Waals surface area (Å²) in [7, 11) is 0. The molecule has 0 atom stereocenters. The molecule has 0 saturated heterocycles. The highest BCUT2D eigenvalue weighted by molar-refractivity contribution is 5.73. The molecule has 0 aliphatic rings. The molecule has 0 aliphatic heterocycles. The molecular weight excluding hydrogens is 226 g/mol. The van der Waals surface area contributed by atoms with Crippen LogP contribution < -0.4 is 4.74 Å². The molecule has 17 heavy (non-hydrogen) atoms. The van der Waals surface area contributed by atoms with Crippen molar-refractivity contribution in [2.45, 2.75) is 0 Å². The molecule has 2 rings (SSSR count). The first-order valence-corrected chi connectivity index (χ1v) is 4.79. The summed E-state index contributed by atoms with van der Waals surface area (Å²) in [6.07, 6.45) is 2.36. The van der Waals surface area contributed by atoms with Crippen LogP contribution in [0.1, 0.15) is 5.69 Å². The van der Waals surface area contributed by atoms with Crippen molar-refractivity contribution in [2.75, 3.05) is 0 Å². The highest BCUT2D eigenvalue weighted by atomic mass is 19.1. The van der Waals surface area contributed by atoms with E-state index >= 15 is 0 Å². The topological polar surface area (TPSA) is 46.0 Å². The number of hydrogen-bond acceptors (Lipinski definition) is 3. The van der Waals surface area contributed by atoms with Gasteiger partial charge in [-0.3, -0.25) is 4.98 Å². The Balaban J connectivity index is 2.28. The van der Waals surface area contributed by atoms with Crippen molar-refractivity contribution >= 4 is 6.21 Å². The van der Waals surface area contributed by atoms with Crippen molar-refractivity contribution in [2.24, 2.45) is 0 Å². The largest absolute Gasteiger partial charge is 0.450 e. The fraction of sp³-hybridized carbons (Fsp3) is 0. The quantitative estimate of drug-likeness (QED) is 0.829. The number of aromatic nitrogens is 1. The third-order valence-corrected chi connectivity index (χ3v) is 2.05. The fourth-order valence-corrected chi connectivity index (χ4v) is 1.24. The van der Waals surface area contributed by atoms with Crippen LogP contribution in [0, 0.1) is 17.0 Å². The molecule has 0 bridgehead atoms. The maximum Gasteiger partial charge on any atom is 0.198 e. The van der Waals surface area contributed by atoms with Crippen LogP contribution in [0.15, 0.2) is 36.5 Å². The van der Waals surface area contributed by atoms with E-state index in [1.165, 1.54) is 24.4 Å². The van der Waals surface area contributed by atoms with Crippen LogP contribution in [0.2, 0.25) is 0 Å². The number of pyridine rings is 1. The molecule has 1 heterocycles. The van der Waals surface area contributed by atoms with Crippen molar-refractivity contribution in [1.29, 1.82) is 5.41 Å². The Kier molecular flexibility index (Phi) is 3.09. The van der Waals surface area contributed by atoms with Gasteiger partial charge in [0.15, 0.2) is 17.4 Å². The van der Waals surface area contributed by atoms with Gasteiger partial charge in [-0.1, -0.05) is 6.07 Å². The predicted molar refractivity (Wildman–Crippen MR) is 58.6 cm³/mol. The summed E-state index contributed by atoms with van der Waals surface area (Å²) in [5.41, 5.74) is 0.436. The Labute approximate surface area is 96.2 Å². The van der Waals surface area contributed by atoms with Crippen molar-refractivity contribution in [1.82, 2.24) is 4.98 Å². The zero-order valence-electron chi connectivity index (χ0n) is 8.65. The second kappa shape index (κ2) is 4.69. The summed E-state index contributed by atoms with van der Waals surface area (Å²) >= 11 is 0. The van der Waals surface area contributed by atoms with Gasteiger partial charge in [-0.25, -0.2) is 8.78 Å². The average molecular weight is 234 g/mol. The molecule has 1 aromatic heterocycles. The molecule has 0 unspecified atom stereocenters. The number of hydrogen-bond donors (Lipinski definition) is 1. The molecule has 1 aromatic carbocycles. The third kappa shape index (κ3) is 2.44. The molecule has 0 spiro atoms. The van der Waals surface area contributed by atoms with Gasteiger partial charge in [-0.05, 0) is 24.3 Å². The minimum Gasteiger partial charge on any atom is -0.450 e. The minimum absolute atomic E-state index is 0.208. The van der Waals surface area contributed by atoms with E-state index in [9.17, 15) is 8.78 Å². The number of halogens is 2. The lowest BCUT2D eigenvalue weighted by molar-refractivity contribution is 0.406. The summed E-state index contributed by atoms with van der Waals surface area (Å²) in [5, 5.41) is 6.96. The highest BCUT2D eigenvalue weighted by Crippen LogP contribution is 2.26. The van der Waals surface area contributed by atoms with Crippen LogP contribution in [0.4, 0.5) is 8.78 Å². The second-order valence-corrected chi connectivity index (χ2v) is 3.22. The molecule has 2 aromatic rings. The lowest BCUT2D eigenvalue weighted by Gasteiger charge is -2.07. The van der Waals surface area contributed by atoms with Gasteiger partial charge in [-0.2, -0.15) is 0 Å². The van der Waals surface area contributed by atoms with Crippen LogP contribution in [0.5, 0.6) is 11.5 Å². The van der Waals surface area contributed by atoms with Gasteiger partial charge in [0.1, 0.15) is 5.75 Å². The molecule has 3 nitrogen and oxygen atoms in total. The molecule has 86 valence electrons. The van der Waals surface area contributed by atoms with E-state index in [1.54, 1.807) is 0 Å². The van der Waals surface area contributed by atoms with E-state index in [0.717, 1.165) is 18.3 Å². The van der Waals surface area contributed by atoms with E-state index in [0.29, 0.717) is 5.69 Å². The van der Waals surface area contributed by atoms with Crippen molar-refractivity contribution in [3.05, 3.63) is 53.9 Å². The van der Waals surface area contributed by atoms with Crippen molar-refractivity contribution in [3.63, 3.8) is 0 Å². The normalized spacial score (nSPS) is 10.0. The number of ether oxygens (including phenoxy) is 1. The molecule has 1 N–H and O–H groups in total. The molecule has 5 heteroatoms. The number of benzene rings is 1. The Bertz CT molecular complexity index is 520. The first-order valence-electron chi connectivity index (χ1n) is 4.79. The maximum atomic E-state index is 13.3. The molecule has 0 fully saturated rings. The summed E-state index contributed by atoms with van der Waals surface area (Å²) in [4.78, 5) is 3.84. The first kappa shape index (κ1) is 11.2. The monoisotopic (exact) mass is 234 g/mol. The molecular formula is C12H8F2N2O. The van der Waals surface area contributed by atoms with E-state index in [2.05, 4.69) is 4.98 Å². The van der Waals surface area contributed by atoms with Gasteiger partial charge in [-0.15, -0.1) is 0 Å². The fourth-order valence-electron chi connectivity index (χ4n) is 1.24. The lowest BCUT2D eigenvalue weighted by atomic mass is 10.3. The molecule has 0 saturated carbocycles. The SMILES string of the molecule is N=Cc1ccc(Oc2c(F)cccc2F)cn1. The van der Waals surface area contributed by atoms with Gasteiger partial charge in [0.25, 0.3) is 0 Å². The molecule has 0 radical (unpaired) electrons. The number of rotatable bonds is 3. The second-order valence-electron chi connectivity index (χ2n) is 3.22. The maximum absolute atomic E-state index is 13.3. The third-order valence-electron chi connectivity index (χ3n) is 2.05. The van der Waals surface area contributed by atoms with Crippen molar-refractivity contribution in [3.8, 4) is 11.5 Å². The first-order chi connectivity index (χ1) is 8.20. The van der Waals surface area contributed by atoms with Crippen LogP contribution in [-0.2, 0) is 0 Å². The Morgan fingerprint density at radius 3 is 2.35 bits per heavy atom. The Morgan fingerprint density at radius 2 is 1.82 bits per heavy atom. The van der Waals surface area contributed by atoms with E-state index in [4.69, 9.17) is 10.1 Å². The zero-order valence-corrected chi connectivity index (χ0v) is 8.65. The summed E-state index contributed by atoms with van der Waals surface area (Å²) in [5.74, 6) is -1.81.